The molecule has 5 aromatic rings. The van der Waals surface area contributed by atoms with E-state index in [0.29, 0.717) is 31.7 Å². The minimum atomic E-state index is -0.266. The van der Waals surface area contributed by atoms with Crippen LogP contribution < -0.4 is 16.0 Å². The van der Waals surface area contributed by atoms with Crippen LogP contribution in [-0.2, 0) is 26.2 Å². The molecule has 196 valence electrons. The van der Waals surface area contributed by atoms with E-state index in [-0.39, 0.29) is 11.7 Å². The summed E-state index contributed by atoms with van der Waals surface area (Å²) in [7, 11) is 0. The summed E-state index contributed by atoms with van der Waals surface area (Å²) in [6.45, 7) is 2.22. The van der Waals surface area contributed by atoms with Crippen LogP contribution in [0.1, 0.15) is 32.6 Å². The molecule has 1 amide bonds. The van der Waals surface area contributed by atoms with Crippen LogP contribution in [0, 0.1) is 5.82 Å². The zero-order valence-electron chi connectivity index (χ0n) is 21.4. The second-order valence-electron chi connectivity index (χ2n) is 9.27. The maximum atomic E-state index is 13.4. The van der Waals surface area contributed by atoms with E-state index in [1.165, 1.54) is 17.7 Å². The van der Waals surface area contributed by atoms with Gasteiger partial charge in [0.15, 0.2) is 5.13 Å². The molecule has 0 radical (unpaired) electrons. The molecule has 1 heterocycles. The monoisotopic (exact) mass is 536 g/mol. The highest BCUT2D eigenvalue weighted by molar-refractivity contribution is 7.14. The number of nitrogens with two attached hydrogens (primary N) is 1. The third-order valence-electron chi connectivity index (χ3n) is 6.39. The van der Waals surface area contributed by atoms with Crippen molar-refractivity contribution in [2.45, 2.75) is 26.2 Å². The summed E-state index contributed by atoms with van der Waals surface area (Å²) in [6.07, 6.45) is 0. The molecular weight excluding hydrogens is 507 g/mol. The Morgan fingerprint density at radius 1 is 0.821 bits per heavy atom. The smallest absolute Gasteiger partial charge is 0.251 e. The predicted octanol–water partition coefficient (Wildman–Crippen LogP) is 6.54. The molecule has 0 aliphatic heterocycles. The van der Waals surface area contributed by atoms with Gasteiger partial charge in [0.1, 0.15) is 5.82 Å². The van der Waals surface area contributed by atoms with Gasteiger partial charge in [0.05, 0.1) is 5.69 Å². The topological polar surface area (TPSA) is 71.2 Å². The summed E-state index contributed by atoms with van der Waals surface area (Å²) in [5.74, 6) is -0.387. The van der Waals surface area contributed by atoms with Crippen molar-refractivity contribution < 1.29 is 9.18 Å². The predicted molar refractivity (Wildman–Crippen MR) is 156 cm³/mol. The number of nitrogens with zero attached hydrogens (tertiary/aromatic N) is 2. The molecule has 39 heavy (non-hydrogen) atoms. The number of hydrogen-bond donors (Lipinski definition) is 2. The first-order valence-electron chi connectivity index (χ1n) is 12.7. The third-order valence-corrected chi connectivity index (χ3v) is 7.29. The van der Waals surface area contributed by atoms with Crippen molar-refractivity contribution in [3.05, 3.63) is 142 Å². The van der Waals surface area contributed by atoms with Gasteiger partial charge in [-0.15, -0.1) is 11.3 Å². The fourth-order valence-electron chi connectivity index (χ4n) is 4.29. The zero-order chi connectivity index (χ0) is 27.0. The number of anilines is 1. The van der Waals surface area contributed by atoms with Crippen LogP contribution in [0.2, 0.25) is 0 Å². The Labute approximate surface area is 231 Å². The lowest BCUT2D eigenvalue weighted by Crippen LogP contribution is -2.23. The summed E-state index contributed by atoms with van der Waals surface area (Å²) in [5, 5.41) is 5.86. The highest BCUT2D eigenvalue weighted by atomic mass is 32.1. The van der Waals surface area contributed by atoms with E-state index in [0.717, 1.165) is 33.1 Å². The van der Waals surface area contributed by atoms with E-state index in [1.807, 2.05) is 72.1 Å². The fourth-order valence-corrected chi connectivity index (χ4v) is 5.13. The van der Waals surface area contributed by atoms with E-state index < -0.39 is 0 Å². The molecule has 4 aromatic carbocycles. The first-order chi connectivity index (χ1) is 19.1. The molecule has 0 atom stereocenters. The molecule has 0 bridgehead atoms. The van der Waals surface area contributed by atoms with Gasteiger partial charge in [-0.25, -0.2) is 9.37 Å². The number of benzene rings is 4. The maximum Gasteiger partial charge on any atom is 0.251 e. The Kier molecular flexibility index (Phi) is 8.41. The Morgan fingerprint density at radius 2 is 1.49 bits per heavy atom. The van der Waals surface area contributed by atoms with Crippen molar-refractivity contribution in [2.75, 3.05) is 4.90 Å². The molecule has 5 nitrogen and oxygen atoms in total. The van der Waals surface area contributed by atoms with Gasteiger partial charge >= 0.3 is 0 Å². The molecule has 0 aliphatic carbocycles. The van der Waals surface area contributed by atoms with Crippen LogP contribution in [0.3, 0.4) is 0 Å². The third kappa shape index (κ3) is 6.96. The van der Waals surface area contributed by atoms with Crippen molar-refractivity contribution in [1.82, 2.24) is 10.3 Å². The summed E-state index contributed by atoms with van der Waals surface area (Å²) >= 11 is 1.56. The molecule has 0 saturated heterocycles. The van der Waals surface area contributed by atoms with Crippen LogP contribution >= 0.6 is 11.3 Å². The van der Waals surface area contributed by atoms with E-state index in [4.69, 9.17) is 10.7 Å². The number of rotatable bonds is 10. The van der Waals surface area contributed by atoms with Crippen molar-refractivity contribution >= 4 is 22.4 Å². The standard InChI is InChI=1S/C32H29FN4OS/c33-29-15-13-27(14-16-29)30-22-39-32(36-30)37(20-23-5-2-1-3-6-23)21-24-9-11-28(12-10-24)31(38)35-19-26-8-4-7-25(17-26)18-34/h1-17,22H,18-21,34H2,(H,35,38). The normalized spacial score (nSPS) is 10.8. The van der Waals surface area contributed by atoms with Gasteiger partial charge in [-0.2, -0.15) is 0 Å². The molecule has 7 heteroatoms. The van der Waals surface area contributed by atoms with Crippen molar-refractivity contribution in [1.29, 1.82) is 0 Å². The molecule has 5 rings (SSSR count). The summed E-state index contributed by atoms with van der Waals surface area (Å²) in [4.78, 5) is 19.8. The number of hydrogen-bond acceptors (Lipinski definition) is 5. The van der Waals surface area contributed by atoms with Crippen LogP contribution in [0.5, 0.6) is 0 Å². The van der Waals surface area contributed by atoms with Gasteiger partial charge in [0.2, 0.25) is 0 Å². The molecule has 0 spiro atoms. The summed E-state index contributed by atoms with van der Waals surface area (Å²) < 4.78 is 13.4. The van der Waals surface area contributed by atoms with Gasteiger partial charge in [0.25, 0.3) is 5.91 Å². The molecule has 3 N–H and O–H groups in total. The first-order valence-corrected chi connectivity index (χ1v) is 13.6. The average molecular weight is 537 g/mol. The molecule has 0 fully saturated rings. The Bertz CT molecular complexity index is 1520. The second kappa shape index (κ2) is 12.5. The number of carbonyl (C=O) groups excluding carboxylic acids is 1. The minimum absolute atomic E-state index is 0.121. The Hall–Kier alpha value is -4.33. The molecule has 1 aromatic heterocycles. The van der Waals surface area contributed by atoms with Gasteiger partial charge in [-0.3, -0.25) is 4.79 Å². The first kappa shape index (κ1) is 26.3. The van der Waals surface area contributed by atoms with Crippen molar-refractivity contribution in [2.24, 2.45) is 5.73 Å². The summed E-state index contributed by atoms with van der Waals surface area (Å²) in [6, 6.07) is 32.2. The Balaban J connectivity index is 1.29. The fraction of sp³-hybridized carbons (Fsp3) is 0.125. The SMILES string of the molecule is NCc1cccc(CNC(=O)c2ccc(CN(Cc3ccccc3)c3nc(-c4ccc(F)cc4)cs3)cc2)c1. The number of nitrogens with one attached hydrogen (secondary N) is 1. The van der Waals surface area contributed by atoms with Crippen molar-refractivity contribution in [3.8, 4) is 11.3 Å². The molecule has 0 saturated carbocycles. The van der Waals surface area contributed by atoms with Crippen molar-refractivity contribution in [3.63, 3.8) is 0 Å². The minimum Gasteiger partial charge on any atom is -0.348 e. The highest BCUT2D eigenvalue weighted by Crippen LogP contribution is 2.30. The maximum absolute atomic E-state index is 13.4. The van der Waals surface area contributed by atoms with Crippen LogP contribution in [0.4, 0.5) is 9.52 Å². The van der Waals surface area contributed by atoms with Crippen LogP contribution in [0.25, 0.3) is 11.3 Å². The lowest BCUT2D eigenvalue weighted by atomic mass is 10.1. The van der Waals surface area contributed by atoms with Crippen LogP contribution in [0.15, 0.2) is 109 Å². The zero-order valence-corrected chi connectivity index (χ0v) is 22.2. The Morgan fingerprint density at radius 3 is 2.21 bits per heavy atom. The largest absolute Gasteiger partial charge is 0.348 e. The van der Waals surface area contributed by atoms with Gasteiger partial charge < -0.3 is 16.0 Å². The van der Waals surface area contributed by atoms with Gasteiger partial charge in [-0.1, -0.05) is 66.7 Å². The quantitative estimate of drug-likeness (QED) is 0.213. The molecule has 0 aliphatic rings. The van der Waals surface area contributed by atoms with Gasteiger partial charge in [-0.05, 0) is 58.7 Å². The van der Waals surface area contributed by atoms with Gasteiger partial charge in [0, 0.05) is 42.7 Å². The number of amides is 1. The highest BCUT2D eigenvalue weighted by Gasteiger charge is 2.15. The lowest BCUT2D eigenvalue weighted by Gasteiger charge is -2.22. The number of aromatic nitrogens is 1. The average Bonchev–Trinajstić information content (AvgIpc) is 3.47. The number of halogens is 1. The molecular formula is C32H29FN4OS. The second-order valence-corrected chi connectivity index (χ2v) is 10.1. The summed E-state index contributed by atoms with van der Waals surface area (Å²) in [5.41, 5.74) is 12.3. The lowest BCUT2D eigenvalue weighted by molar-refractivity contribution is 0.0951. The van der Waals surface area contributed by atoms with E-state index in [1.54, 1.807) is 23.5 Å². The number of thiazole rings is 1. The van der Waals surface area contributed by atoms with E-state index in [9.17, 15) is 9.18 Å². The number of carbonyl (C=O) groups is 1. The molecule has 0 unspecified atom stereocenters. The van der Waals surface area contributed by atoms with E-state index in [2.05, 4.69) is 22.3 Å². The van der Waals surface area contributed by atoms with Crippen LogP contribution in [-0.4, -0.2) is 10.9 Å². The van der Waals surface area contributed by atoms with E-state index >= 15 is 0 Å².